The van der Waals surface area contributed by atoms with Gasteiger partial charge in [-0.25, -0.2) is 0 Å². The number of hydrogen-bond acceptors (Lipinski definition) is 4. The highest BCUT2D eigenvalue weighted by Crippen LogP contribution is 2.33. The van der Waals surface area contributed by atoms with Crippen LogP contribution < -0.4 is 5.32 Å². The standard InChI is InChI=1S/C11H17N3S/c1-2-13-11(9-3-6-15-8-9)10-7-12-4-5-14-10/h4-5,7,9,11,13H,2-3,6,8H2,1H3. The molecule has 1 fully saturated rings. The van der Waals surface area contributed by atoms with Crippen LogP contribution in [0.15, 0.2) is 18.6 Å². The minimum atomic E-state index is 0.388. The Balaban J connectivity index is 2.11. The fourth-order valence-corrected chi connectivity index (χ4v) is 3.32. The lowest BCUT2D eigenvalue weighted by Crippen LogP contribution is -2.29. The summed E-state index contributed by atoms with van der Waals surface area (Å²) in [6.07, 6.45) is 6.69. The van der Waals surface area contributed by atoms with Crippen LogP contribution >= 0.6 is 11.8 Å². The molecule has 1 aromatic rings. The fraction of sp³-hybridized carbons (Fsp3) is 0.636. The Hall–Kier alpha value is -0.610. The lowest BCUT2D eigenvalue weighted by Gasteiger charge is -2.22. The van der Waals surface area contributed by atoms with Gasteiger partial charge in [-0.3, -0.25) is 9.97 Å². The van der Waals surface area contributed by atoms with Crippen molar-refractivity contribution in [3.8, 4) is 0 Å². The average Bonchev–Trinajstić information content (AvgIpc) is 2.80. The third-order valence-corrected chi connectivity index (χ3v) is 3.95. The Bertz CT molecular complexity index is 285. The number of aromatic nitrogens is 2. The van der Waals surface area contributed by atoms with Crippen molar-refractivity contribution in [2.75, 3.05) is 18.1 Å². The van der Waals surface area contributed by atoms with Gasteiger partial charge in [0.15, 0.2) is 0 Å². The van der Waals surface area contributed by atoms with E-state index < -0.39 is 0 Å². The van der Waals surface area contributed by atoms with Crippen molar-refractivity contribution in [1.29, 1.82) is 0 Å². The molecule has 1 aliphatic heterocycles. The molecule has 2 heterocycles. The number of hydrogen-bond donors (Lipinski definition) is 1. The molecule has 2 rings (SSSR count). The van der Waals surface area contributed by atoms with Crippen LogP contribution in [0.1, 0.15) is 25.1 Å². The molecule has 1 N–H and O–H groups in total. The highest BCUT2D eigenvalue weighted by atomic mass is 32.2. The lowest BCUT2D eigenvalue weighted by molar-refractivity contribution is 0.392. The van der Waals surface area contributed by atoms with Crippen molar-refractivity contribution in [2.45, 2.75) is 19.4 Å². The van der Waals surface area contributed by atoms with E-state index in [1.165, 1.54) is 17.9 Å². The third kappa shape index (κ3) is 2.69. The van der Waals surface area contributed by atoms with E-state index in [0.717, 1.165) is 12.2 Å². The Kier molecular flexibility index (Phi) is 3.97. The molecule has 82 valence electrons. The summed E-state index contributed by atoms with van der Waals surface area (Å²) in [5.74, 6) is 3.24. The predicted octanol–water partition coefficient (Wildman–Crippen LogP) is 1.88. The van der Waals surface area contributed by atoms with E-state index in [1.807, 2.05) is 18.0 Å². The molecular formula is C11H17N3S. The van der Waals surface area contributed by atoms with E-state index in [9.17, 15) is 0 Å². The lowest BCUT2D eigenvalue weighted by atomic mass is 9.96. The largest absolute Gasteiger partial charge is 0.309 e. The predicted molar refractivity (Wildman–Crippen MR) is 63.9 cm³/mol. The molecule has 0 radical (unpaired) electrons. The minimum Gasteiger partial charge on any atom is -0.309 e. The van der Waals surface area contributed by atoms with Gasteiger partial charge in [0.1, 0.15) is 0 Å². The van der Waals surface area contributed by atoms with Gasteiger partial charge in [0, 0.05) is 18.6 Å². The molecule has 15 heavy (non-hydrogen) atoms. The summed E-state index contributed by atoms with van der Waals surface area (Å²) in [4.78, 5) is 8.56. The Labute approximate surface area is 95.1 Å². The van der Waals surface area contributed by atoms with Crippen molar-refractivity contribution < 1.29 is 0 Å². The molecule has 0 saturated carbocycles. The number of nitrogens with one attached hydrogen (secondary N) is 1. The molecule has 4 heteroatoms. The van der Waals surface area contributed by atoms with Crippen molar-refractivity contribution >= 4 is 11.8 Å². The molecule has 0 aliphatic carbocycles. The molecule has 2 atom stereocenters. The summed E-state index contributed by atoms with van der Waals surface area (Å²) < 4.78 is 0. The summed E-state index contributed by atoms with van der Waals surface area (Å²) in [7, 11) is 0. The summed E-state index contributed by atoms with van der Waals surface area (Å²) >= 11 is 2.04. The summed E-state index contributed by atoms with van der Waals surface area (Å²) in [6.45, 7) is 3.13. The van der Waals surface area contributed by atoms with Gasteiger partial charge in [0.2, 0.25) is 0 Å². The van der Waals surface area contributed by atoms with Crippen molar-refractivity contribution in [2.24, 2.45) is 5.92 Å². The molecule has 1 aromatic heterocycles. The molecule has 2 unspecified atom stereocenters. The zero-order chi connectivity index (χ0) is 10.5. The van der Waals surface area contributed by atoms with Crippen molar-refractivity contribution in [1.82, 2.24) is 15.3 Å². The van der Waals surface area contributed by atoms with Crippen LogP contribution in [0.4, 0.5) is 0 Å². The Morgan fingerprint density at radius 3 is 3.13 bits per heavy atom. The summed E-state index contributed by atoms with van der Waals surface area (Å²) in [5, 5.41) is 3.52. The van der Waals surface area contributed by atoms with Crippen LogP contribution in [0.5, 0.6) is 0 Å². The maximum atomic E-state index is 4.41. The second kappa shape index (κ2) is 5.47. The van der Waals surface area contributed by atoms with Crippen LogP contribution in [-0.2, 0) is 0 Å². The zero-order valence-corrected chi connectivity index (χ0v) is 9.83. The minimum absolute atomic E-state index is 0.388. The van der Waals surface area contributed by atoms with Crippen molar-refractivity contribution in [3.63, 3.8) is 0 Å². The summed E-state index contributed by atoms with van der Waals surface area (Å²) in [6, 6.07) is 0.388. The van der Waals surface area contributed by atoms with Crippen molar-refractivity contribution in [3.05, 3.63) is 24.3 Å². The fourth-order valence-electron chi connectivity index (χ4n) is 2.02. The first-order valence-electron chi connectivity index (χ1n) is 5.49. The van der Waals surface area contributed by atoms with E-state index in [2.05, 4.69) is 22.2 Å². The van der Waals surface area contributed by atoms with E-state index >= 15 is 0 Å². The van der Waals surface area contributed by atoms with Gasteiger partial charge in [-0.15, -0.1) is 0 Å². The van der Waals surface area contributed by atoms with E-state index in [-0.39, 0.29) is 0 Å². The van der Waals surface area contributed by atoms with E-state index in [4.69, 9.17) is 0 Å². The van der Waals surface area contributed by atoms with Gasteiger partial charge >= 0.3 is 0 Å². The maximum absolute atomic E-state index is 4.41. The summed E-state index contributed by atoms with van der Waals surface area (Å²) in [5.41, 5.74) is 1.09. The number of rotatable bonds is 4. The van der Waals surface area contributed by atoms with Crippen LogP contribution in [-0.4, -0.2) is 28.0 Å². The van der Waals surface area contributed by atoms with Gasteiger partial charge in [0.25, 0.3) is 0 Å². The second-order valence-corrected chi connectivity index (χ2v) is 4.94. The van der Waals surface area contributed by atoms with E-state index in [1.54, 1.807) is 12.4 Å². The topological polar surface area (TPSA) is 37.8 Å². The third-order valence-electron chi connectivity index (χ3n) is 2.76. The van der Waals surface area contributed by atoms with Gasteiger partial charge < -0.3 is 5.32 Å². The maximum Gasteiger partial charge on any atom is 0.0759 e. The van der Waals surface area contributed by atoms with E-state index in [0.29, 0.717) is 12.0 Å². The number of nitrogens with zero attached hydrogens (tertiary/aromatic N) is 2. The van der Waals surface area contributed by atoms with Crippen LogP contribution in [0.2, 0.25) is 0 Å². The monoisotopic (exact) mass is 223 g/mol. The van der Waals surface area contributed by atoms with Gasteiger partial charge in [-0.2, -0.15) is 11.8 Å². The first-order chi connectivity index (χ1) is 7.42. The molecular weight excluding hydrogens is 206 g/mol. The first-order valence-corrected chi connectivity index (χ1v) is 6.64. The molecule has 0 aromatic carbocycles. The molecule has 3 nitrogen and oxygen atoms in total. The van der Waals surface area contributed by atoms with Gasteiger partial charge in [-0.1, -0.05) is 6.92 Å². The Morgan fingerprint density at radius 1 is 1.60 bits per heavy atom. The normalized spacial score (nSPS) is 22.9. The van der Waals surface area contributed by atoms with Crippen LogP contribution in [0.25, 0.3) is 0 Å². The molecule has 0 bridgehead atoms. The molecule has 0 spiro atoms. The zero-order valence-electron chi connectivity index (χ0n) is 9.02. The smallest absolute Gasteiger partial charge is 0.0759 e. The van der Waals surface area contributed by atoms with Gasteiger partial charge in [0.05, 0.1) is 11.7 Å². The van der Waals surface area contributed by atoms with Crippen LogP contribution in [0, 0.1) is 5.92 Å². The highest BCUT2D eigenvalue weighted by Gasteiger charge is 2.26. The second-order valence-electron chi connectivity index (χ2n) is 3.79. The molecule has 1 saturated heterocycles. The average molecular weight is 223 g/mol. The molecule has 0 amide bonds. The molecule has 1 aliphatic rings. The van der Waals surface area contributed by atoms with Crippen LogP contribution in [0.3, 0.4) is 0 Å². The number of thioether (sulfide) groups is 1. The highest BCUT2D eigenvalue weighted by molar-refractivity contribution is 7.99. The first kappa shape index (κ1) is 10.9. The quantitative estimate of drug-likeness (QED) is 0.846. The van der Waals surface area contributed by atoms with Gasteiger partial charge in [-0.05, 0) is 30.4 Å². The SMILES string of the molecule is CCNC(c1cnccn1)C1CCSC1. The Morgan fingerprint density at radius 2 is 2.53 bits per heavy atom.